The number of nitrogens with zero attached hydrogens (tertiary/aromatic N) is 3. The molecule has 1 amide bonds. The molecule has 1 saturated heterocycles. The van der Waals surface area contributed by atoms with Crippen molar-refractivity contribution in [2.75, 3.05) is 26.2 Å². The Morgan fingerprint density at radius 2 is 1.73 bits per heavy atom. The number of hydrogen-bond acceptors (Lipinski definition) is 7. The molecule has 2 aromatic carbocycles. The number of fused-ring (bicyclic) bond motifs is 1. The van der Waals surface area contributed by atoms with Gasteiger partial charge in [-0.1, -0.05) is 60.7 Å². The summed E-state index contributed by atoms with van der Waals surface area (Å²) in [5, 5.41) is 25.5. The number of amides is 1. The number of piperazine rings is 1. The first kappa shape index (κ1) is 32.9. The fraction of sp³-hybridized carbons (Fsp3) is 0.486. The van der Waals surface area contributed by atoms with Gasteiger partial charge in [0.05, 0.1) is 12.2 Å². The number of carbonyl (C=O) groups is 2. The van der Waals surface area contributed by atoms with E-state index in [1.54, 1.807) is 6.20 Å². The second-order valence-electron chi connectivity index (χ2n) is 13.9. The molecular weight excluding hydrogens is 564 g/mol. The van der Waals surface area contributed by atoms with E-state index in [2.05, 4.69) is 20.1 Å². The zero-order valence-electron chi connectivity index (χ0n) is 26.8. The number of aliphatic hydroxyl groups excluding tert-OH is 2. The lowest BCUT2D eigenvalue weighted by Crippen LogP contribution is -2.61. The molecule has 3 aromatic rings. The molecule has 0 spiro atoms. The molecule has 1 aromatic heterocycles. The van der Waals surface area contributed by atoms with E-state index in [0.29, 0.717) is 45.4 Å². The molecule has 2 aliphatic rings. The minimum Gasteiger partial charge on any atom is -0.392 e. The lowest BCUT2D eigenvalue weighted by molar-refractivity contribution is -0.132. The molecule has 0 saturated carbocycles. The Morgan fingerprint density at radius 1 is 1.00 bits per heavy atom. The maximum atomic E-state index is 13.9. The van der Waals surface area contributed by atoms with Crippen LogP contribution < -0.4 is 5.32 Å². The summed E-state index contributed by atoms with van der Waals surface area (Å²) in [6.07, 6.45) is 3.85. The molecule has 5 atom stereocenters. The predicted octanol–water partition coefficient (Wildman–Crippen LogP) is 3.75. The van der Waals surface area contributed by atoms with Gasteiger partial charge in [-0.2, -0.15) is 0 Å². The van der Waals surface area contributed by atoms with Crippen LogP contribution in [0.5, 0.6) is 0 Å². The molecule has 1 aliphatic carbocycles. The lowest BCUT2D eigenvalue weighted by Gasteiger charge is -2.42. The highest BCUT2D eigenvalue weighted by molar-refractivity contribution is 5.83. The number of aromatic nitrogens is 1. The summed E-state index contributed by atoms with van der Waals surface area (Å²) in [5.74, 6) is -0.642. The monoisotopic (exact) mass is 612 g/mol. The summed E-state index contributed by atoms with van der Waals surface area (Å²) in [6.45, 7) is 8.84. The zero-order chi connectivity index (χ0) is 32.0. The first-order valence-electron chi connectivity index (χ1n) is 16.2. The van der Waals surface area contributed by atoms with Crippen LogP contribution in [0.25, 0.3) is 0 Å². The van der Waals surface area contributed by atoms with Crippen molar-refractivity contribution in [1.82, 2.24) is 20.1 Å². The van der Waals surface area contributed by atoms with Crippen molar-refractivity contribution >= 4 is 11.7 Å². The maximum absolute atomic E-state index is 13.9. The molecule has 1 aliphatic heterocycles. The molecule has 0 bridgehead atoms. The first-order chi connectivity index (χ1) is 21.6. The number of carbonyl (C=O) groups excluding carboxylic acids is 2. The van der Waals surface area contributed by atoms with Crippen molar-refractivity contribution in [2.45, 2.75) is 82.7 Å². The lowest BCUT2D eigenvalue weighted by atomic mass is 9.83. The Bertz CT molecular complexity index is 1410. The van der Waals surface area contributed by atoms with Crippen LogP contribution >= 0.6 is 0 Å². The largest absolute Gasteiger partial charge is 0.392 e. The molecule has 1 unspecified atom stereocenters. The Hall–Kier alpha value is -3.43. The first-order valence-corrected chi connectivity index (χ1v) is 16.2. The van der Waals surface area contributed by atoms with E-state index >= 15 is 0 Å². The third-order valence-electron chi connectivity index (χ3n) is 9.06. The highest BCUT2D eigenvalue weighted by Crippen LogP contribution is 2.37. The standard InChI is InChI=1S/C37H48N4O4/c1-37(2,3)39-36(45)33-25-40(23-27-12-9-15-38-22-27)16-17-41(33)24-30(42)19-29(18-26-10-5-4-6-11-26)34(43)21-32-31-14-8-7-13-28(31)20-35(32)44/h4-15,22,29-30,32-33,35,42,44H,16-21,23-25H2,1-3H3,(H,39,45)/t29-,30+,32?,33+,35-/m1/s1. The molecule has 1 fully saturated rings. The number of hydrogen-bond donors (Lipinski definition) is 3. The van der Waals surface area contributed by atoms with Crippen LogP contribution in [-0.4, -0.2) is 86.7 Å². The number of rotatable bonds is 12. The summed E-state index contributed by atoms with van der Waals surface area (Å²) in [7, 11) is 0. The number of nitrogens with one attached hydrogen (secondary N) is 1. The molecule has 2 heterocycles. The van der Waals surface area contributed by atoms with Gasteiger partial charge >= 0.3 is 0 Å². The Kier molecular flexibility index (Phi) is 10.8. The second-order valence-corrected chi connectivity index (χ2v) is 13.9. The summed E-state index contributed by atoms with van der Waals surface area (Å²) in [5.41, 5.74) is 3.91. The normalized spacial score (nSPS) is 22.0. The smallest absolute Gasteiger partial charge is 0.239 e. The minimum absolute atomic E-state index is 0.0574. The van der Waals surface area contributed by atoms with E-state index in [1.807, 2.05) is 93.7 Å². The van der Waals surface area contributed by atoms with Gasteiger partial charge in [0.2, 0.25) is 5.91 Å². The molecule has 5 rings (SSSR count). The van der Waals surface area contributed by atoms with Crippen molar-refractivity contribution in [1.29, 1.82) is 0 Å². The van der Waals surface area contributed by atoms with E-state index in [9.17, 15) is 19.8 Å². The van der Waals surface area contributed by atoms with Crippen molar-refractivity contribution in [2.24, 2.45) is 5.92 Å². The fourth-order valence-electron chi connectivity index (χ4n) is 6.88. The van der Waals surface area contributed by atoms with Crippen LogP contribution in [0.4, 0.5) is 0 Å². The Labute approximate surface area is 267 Å². The van der Waals surface area contributed by atoms with Crippen LogP contribution in [-0.2, 0) is 29.0 Å². The Balaban J connectivity index is 1.29. The number of benzene rings is 2. The van der Waals surface area contributed by atoms with Gasteiger partial charge in [-0.25, -0.2) is 0 Å². The predicted molar refractivity (Wildman–Crippen MR) is 176 cm³/mol. The molecule has 8 heteroatoms. The van der Waals surface area contributed by atoms with Crippen LogP contribution in [0.1, 0.15) is 61.8 Å². The van der Waals surface area contributed by atoms with E-state index in [-0.39, 0.29) is 29.6 Å². The number of ketones is 1. The molecule has 0 radical (unpaired) electrons. The number of aliphatic hydroxyl groups is 2. The molecule has 8 nitrogen and oxygen atoms in total. The van der Waals surface area contributed by atoms with Crippen LogP contribution in [0.2, 0.25) is 0 Å². The fourth-order valence-corrected chi connectivity index (χ4v) is 6.88. The van der Waals surface area contributed by atoms with Gasteiger partial charge in [0, 0.05) is 68.9 Å². The van der Waals surface area contributed by atoms with E-state index in [4.69, 9.17) is 0 Å². The van der Waals surface area contributed by atoms with Crippen molar-refractivity contribution in [3.8, 4) is 0 Å². The minimum atomic E-state index is -0.793. The van der Waals surface area contributed by atoms with Gasteiger partial charge in [0.25, 0.3) is 0 Å². The van der Waals surface area contributed by atoms with E-state index in [0.717, 1.165) is 28.8 Å². The van der Waals surface area contributed by atoms with Crippen LogP contribution in [0.15, 0.2) is 79.1 Å². The highest BCUT2D eigenvalue weighted by Gasteiger charge is 2.37. The van der Waals surface area contributed by atoms with Gasteiger partial charge in [-0.05, 0) is 68.4 Å². The van der Waals surface area contributed by atoms with E-state index in [1.165, 1.54) is 0 Å². The van der Waals surface area contributed by atoms with Crippen molar-refractivity contribution in [3.63, 3.8) is 0 Å². The van der Waals surface area contributed by atoms with Gasteiger partial charge in [0.15, 0.2) is 0 Å². The molecule has 240 valence electrons. The highest BCUT2D eigenvalue weighted by atomic mass is 16.3. The third kappa shape index (κ3) is 9.07. The Morgan fingerprint density at radius 3 is 2.47 bits per heavy atom. The van der Waals surface area contributed by atoms with Gasteiger partial charge < -0.3 is 15.5 Å². The summed E-state index contributed by atoms with van der Waals surface area (Å²) in [6, 6.07) is 21.4. The number of β-amino-alcohol motifs (C(OH)–C–C–N with tert-alkyl or cyclic N) is 1. The SMILES string of the molecule is CC(C)(C)NC(=O)[C@@H]1CN(Cc2cccnc2)CCN1C[C@@H](O)C[C@@H](Cc1ccccc1)C(=O)CC1c2ccccc2C[C@H]1O. The van der Waals surface area contributed by atoms with Crippen LogP contribution in [0, 0.1) is 5.92 Å². The topological polar surface area (TPSA) is 106 Å². The van der Waals surface area contributed by atoms with E-state index < -0.39 is 24.2 Å². The number of pyridine rings is 1. The summed E-state index contributed by atoms with van der Waals surface area (Å²) < 4.78 is 0. The van der Waals surface area contributed by atoms with Gasteiger partial charge in [-0.15, -0.1) is 0 Å². The zero-order valence-corrected chi connectivity index (χ0v) is 26.8. The average Bonchev–Trinajstić information content (AvgIpc) is 3.32. The quantitative estimate of drug-likeness (QED) is 0.286. The molecule has 3 N–H and O–H groups in total. The van der Waals surface area contributed by atoms with Crippen molar-refractivity contribution < 1.29 is 19.8 Å². The van der Waals surface area contributed by atoms with Gasteiger partial charge in [-0.3, -0.25) is 24.4 Å². The third-order valence-corrected chi connectivity index (χ3v) is 9.06. The maximum Gasteiger partial charge on any atom is 0.239 e. The molecule has 45 heavy (non-hydrogen) atoms. The molecular formula is C37H48N4O4. The van der Waals surface area contributed by atoms with Gasteiger partial charge in [0.1, 0.15) is 11.8 Å². The average molecular weight is 613 g/mol. The number of Topliss-reactive ketones (excluding diaryl/α,β-unsaturated/α-hetero) is 1. The summed E-state index contributed by atoms with van der Waals surface area (Å²) >= 11 is 0. The van der Waals surface area contributed by atoms with Crippen molar-refractivity contribution in [3.05, 3.63) is 101 Å². The van der Waals surface area contributed by atoms with Crippen LogP contribution in [0.3, 0.4) is 0 Å². The summed E-state index contributed by atoms with van der Waals surface area (Å²) in [4.78, 5) is 36.0. The second kappa shape index (κ2) is 14.8.